The van der Waals surface area contributed by atoms with Crippen LogP contribution in [0.3, 0.4) is 0 Å². The molecular formula is C19H28N3O5-. The van der Waals surface area contributed by atoms with Gasteiger partial charge in [0.2, 0.25) is 11.7 Å². The summed E-state index contributed by atoms with van der Waals surface area (Å²) in [5.41, 5.74) is 0.385. The minimum Gasteiger partial charge on any atom is -0.846 e. The molecule has 1 atom stereocenters. The summed E-state index contributed by atoms with van der Waals surface area (Å²) < 4.78 is 0. The van der Waals surface area contributed by atoms with Crippen molar-refractivity contribution in [2.75, 3.05) is 26.2 Å². The summed E-state index contributed by atoms with van der Waals surface area (Å²) >= 11 is 0. The van der Waals surface area contributed by atoms with E-state index in [1.165, 1.54) is 17.0 Å². The lowest BCUT2D eigenvalue weighted by molar-refractivity contribution is -0.239. The third kappa shape index (κ3) is 4.75. The van der Waals surface area contributed by atoms with E-state index >= 15 is 0 Å². The van der Waals surface area contributed by atoms with Crippen molar-refractivity contribution in [3.63, 3.8) is 0 Å². The Morgan fingerprint density at radius 3 is 2.59 bits per heavy atom. The van der Waals surface area contributed by atoms with Gasteiger partial charge >= 0.3 is 0 Å². The van der Waals surface area contributed by atoms with E-state index in [9.17, 15) is 25.2 Å². The van der Waals surface area contributed by atoms with Gasteiger partial charge in [-0.1, -0.05) is 6.07 Å². The van der Waals surface area contributed by atoms with Crippen LogP contribution in [0.5, 0.6) is 17.2 Å². The van der Waals surface area contributed by atoms with Gasteiger partial charge in [0.05, 0.1) is 6.02 Å². The van der Waals surface area contributed by atoms with Gasteiger partial charge in [0, 0.05) is 26.2 Å². The van der Waals surface area contributed by atoms with E-state index in [0.29, 0.717) is 31.6 Å². The molecule has 0 spiro atoms. The second-order valence-corrected chi connectivity index (χ2v) is 6.57. The first-order valence-electron chi connectivity index (χ1n) is 9.40. The first-order valence-corrected chi connectivity index (χ1v) is 9.40. The van der Waals surface area contributed by atoms with Crippen LogP contribution in [0.25, 0.3) is 0 Å². The average Bonchev–Trinajstić information content (AvgIpc) is 2.68. The lowest BCUT2D eigenvalue weighted by Gasteiger charge is -2.41. The lowest BCUT2D eigenvalue weighted by atomic mass is 10.0. The van der Waals surface area contributed by atoms with Crippen molar-refractivity contribution in [1.82, 2.24) is 9.80 Å². The standard InChI is InChI=1S/C19H29N3O5/c1-3-21(4-2)18(26)14-7-5-6-12-22(14)19(27)20-11-10-13-8-9-15(23)17(25)16(13)24/h8-9,14,23-25H,3-7,10-12H2,1-2H3,(H,20,27)/p-1. The maximum absolute atomic E-state index is 12.7. The summed E-state index contributed by atoms with van der Waals surface area (Å²) in [6.45, 7) is 5.66. The molecule has 1 amide bonds. The number of piperidine rings is 1. The predicted octanol–water partition coefficient (Wildman–Crippen LogP) is 0.785. The van der Waals surface area contributed by atoms with Crippen molar-refractivity contribution in [1.29, 1.82) is 0 Å². The van der Waals surface area contributed by atoms with Crippen LogP contribution in [0, 0.1) is 0 Å². The molecule has 0 aliphatic carbocycles. The fourth-order valence-corrected chi connectivity index (χ4v) is 3.34. The minimum absolute atomic E-state index is 0.0376. The third-order valence-electron chi connectivity index (χ3n) is 4.95. The van der Waals surface area contributed by atoms with Crippen LogP contribution in [0.1, 0.15) is 38.7 Å². The number of amidine groups is 1. The smallest absolute Gasteiger partial charge is 0.245 e. The molecule has 0 radical (unpaired) electrons. The number of phenolic OH excluding ortho intramolecular Hbond substituents is 3. The zero-order chi connectivity index (χ0) is 20.0. The van der Waals surface area contributed by atoms with Crippen molar-refractivity contribution in [2.45, 2.75) is 45.6 Å². The Morgan fingerprint density at radius 2 is 1.93 bits per heavy atom. The Morgan fingerprint density at radius 1 is 1.22 bits per heavy atom. The zero-order valence-corrected chi connectivity index (χ0v) is 15.9. The number of carbonyl (C=O) groups excluding carboxylic acids is 1. The summed E-state index contributed by atoms with van der Waals surface area (Å²) in [5, 5.41) is 41.3. The van der Waals surface area contributed by atoms with Crippen LogP contribution in [0.2, 0.25) is 0 Å². The van der Waals surface area contributed by atoms with Gasteiger partial charge in [-0.3, -0.25) is 9.79 Å². The first-order chi connectivity index (χ1) is 12.9. The largest absolute Gasteiger partial charge is 0.846 e. The fraction of sp³-hybridized carbons (Fsp3) is 0.579. The van der Waals surface area contributed by atoms with Crippen LogP contribution in [0.4, 0.5) is 0 Å². The minimum atomic E-state index is -0.584. The molecule has 8 nitrogen and oxygen atoms in total. The normalized spacial score (nSPS) is 17.8. The van der Waals surface area contributed by atoms with Crippen molar-refractivity contribution < 1.29 is 25.2 Å². The molecule has 0 saturated carbocycles. The molecule has 1 fully saturated rings. The van der Waals surface area contributed by atoms with Crippen molar-refractivity contribution in [2.24, 2.45) is 4.99 Å². The van der Waals surface area contributed by atoms with Crippen LogP contribution >= 0.6 is 0 Å². The molecule has 1 heterocycles. The molecule has 1 aromatic rings. The summed E-state index contributed by atoms with van der Waals surface area (Å²) in [6, 6.07) is 1.84. The molecule has 1 saturated heterocycles. The lowest BCUT2D eigenvalue weighted by Crippen LogP contribution is -2.56. The Balaban J connectivity index is 2.06. The van der Waals surface area contributed by atoms with E-state index in [2.05, 4.69) is 4.99 Å². The highest BCUT2D eigenvalue weighted by Crippen LogP contribution is 2.37. The zero-order valence-electron chi connectivity index (χ0n) is 15.9. The number of rotatable bonds is 6. The van der Waals surface area contributed by atoms with E-state index in [0.717, 1.165) is 12.8 Å². The number of phenols is 3. The van der Waals surface area contributed by atoms with Gasteiger partial charge in [-0.2, -0.15) is 0 Å². The molecule has 1 unspecified atom stereocenters. The second-order valence-electron chi connectivity index (χ2n) is 6.57. The molecule has 3 N–H and O–H groups in total. The Kier molecular flexibility index (Phi) is 7.15. The number of likely N-dealkylation sites (tertiary alicyclic amines) is 1. The third-order valence-corrected chi connectivity index (χ3v) is 4.95. The number of likely N-dealkylation sites (N-methyl/N-ethyl adjacent to an activating group) is 1. The van der Waals surface area contributed by atoms with Gasteiger partial charge in [0.25, 0.3) is 0 Å². The molecule has 0 bridgehead atoms. The maximum Gasteiger partial charge on any atom is 0.245 e. The van der Waals surface area contributed by atoms with E-state index in [4.69, 9.17) is 0 Å². The van der Waals surface area contributed by atoms with Crippen molar-refractivity contribution in [3.8, 4) is 17.2 Å². The number of aromatic hydroxyl groups is 3. The van der Waals surface area contributed by atoms with E-state index < -0.39 is 29.3 Å². The number of carbonyl (C=O) groups is 1. The Labute approximate surface area is 159 Å². The molecular weight excluding hydrogens is 350 g/mol. The molecule has 2 rings (SSSR count). The summed E-state index contributed by atoms with van der Waals surface area (Å²) in [5.74, 6) is -1.44. The summed E-state index contributed by atoms with van der Waals surface area (Å²) in [6.07, 6.45) is 2.62. The van der Waals surface area contributed by atoms with E-state index in [1.54, 1.807) is 4.90 Å². The number of hydrogen-bond donors (Lipinski definition) is 3. The number of benzene rings is 1. The van der Waals surface area contributed by atoms with Gasteiger partial charge < -0.3 is 30.2 Å². The SMILES string of the molecule is CCN(CC)C(=O)C1CCCCN1C([O-])=NCCc1ccc(O)c(O)c1O. The quantitative estimate of drug-likeness (QED) is 0.382. The summed E-state index contributed by atoms with van der Waals surface area (Å²) in [7, 11) is 0. The Bertz CT molecular complexity index is 688. The van der Waals surface area contributed by atoms with Crippen LogP contribution in [-0.2, 0) is 11.2 Å². The molecule has 8 heteroatoms. The van der Waals surface area contributed by atoms with Crippen LogP contribution in [-0.4, -0.2) is 69.3 Å². The van der Waals surface area contributed by atoms with Crippen LogP contribution in [0.15, 0.2) is 17.1 Å². The van der Waals surface area contributed by atoms with E-state index in [-0.39, 0.29) is 18.9 Å². The molecule has 1 aromatic carbocycles. The van der Waals surface area contributed by atoms with Crippen LogP contribution < -0.4 is 5.11 Å². The number of amides is 1. The Hall–Kier alpha value is -2.64. The highest BCUT2D eigenvalue weighted by atomic mass is 16.3. The number of nitrogens with zero attached hydrogens (tertiary/aromatic N) is 3. The molecule has 1 aliphatic rings. The topological polar surface area (TPSA) is 120 Å². The molecule has 150 valence electrons. The highest BCUT2D eigenvalue weighted by Gasteiger charge is 2.30. The fourth-order valence-electron chi connectivity index (χ4n) is 3.34. The predicted molar refractivity (Wildman–Crippen MR) is 99.7 cm³/mol. The highest BCUT2D eigenvalue weighted by molar-refractivity contribution is 5.86. The van der Waals surface area contributed by atoms with E-state index in [1.807, 2.05) is 13.8 Å². The van der Waals surface area contributed by atoms with Crippen molar-refractivity contribution >= 4 is 11.9 Å². The monoisotopic (exact) mass is 378 g/mol. The van der Waals surface area contributed by atoms with Gasteiger partial charge in [-0.25, -0.2) is 0 Å². The maximum atomic E-state index is 12.7. The van der Waals surface area contributed by atoms with Crippen molar-refractivity contribution in [3.05, 3.63) is 17.7 Å². The summed E-state index contributed by atoms with van der Waals surface area (Å²) in [4.78, 5) is 20.0. The first kappa shape index (κ1) is 20.7. The molecule has 1 aliphatic heterocycles. The average molecular weight is 378 g/mol. The van der Waals surface area contributed by atoms with Gasteiger partial charge in [-0.15, -0.1) is 0 Å². The van der Waals surface area contributed by atoms with Gasteiger partial charge in [0.1, 0.15) is 6.04 Å². The van der Waals surface area contributed by atoms with Gasteiger partial charge in [-0.05, 0) is 51.2 Å². The number of aliphatic imine (C=N–C) groups is 1. The molecule has 27 heavy (non-hydrogen) atoms. The molecule has 0 aromatic heterocycles. The second kappa shape index (κ2) is 9.34. The van der Waals surface area contributed by atoms with Gasteiger partial charge in [0.15, 0.2) is 11.5 Å². The number of hydrogen-bond acceptors (Lipinski definition) is 6.